The van der Waals surface area contributed by atoms with E-state index in [1.807, 2.05) is 0 Å². The van der Waals surface area contributed by atoms with Crippen molar-refractivity contribution in [2.24, 2.45) is 5.92 Å². The molecular weight excluding hydrogens is 411 g/mol. The average molecular weight is 430 g/mol. The molecule has 0 spiro atoms. The number of amides is 2. The summed E-state index contributed by atoms with van der Waals surface area (Å²) in [6, 6.07) is 6.62. The maximum Gasteiger partial charge on any atom is 0.573 e. The fourth-order valence-corrected chi connectivity index (χ4v) is 3.15. The van der Waals surface area contributed by atoms with Gasteiger partial charge < -0.3 is 19.7 Å². The number of halogens is 4. The summed E-state index contributed by atoms with van der Waals surface area (Å²) in [7, 11) is 0. The molecule has 1 unspecified atom stereocenters. The van der Waals surface area contributed by atoms with Crippen LogP contribution in [0, 0.1) is 5.92 Å². The molecule has 1 N–H and O–H groups in total. The monoisotopic (exact) mass is 429 g/mol. The number of rotatable bonds is 6. The number of hydrogen-bond acceptors (Lipinski definition) is 4. The molecule has 3 rings (SSSR count). The van der Waals surface area contributed by atoms with E-state index >= 15 is 0 Å². The molecule has 1 fully saturated rings. The highest BCUT2D eigenvalue weighted by Gasteiger charge is 2.31. The molecule has 10 heteroatoms. The summed E-state index contributed by atoms with van der Waals surface area (Å²) < 4.78 is 45.9. The van der Waals surface area contributed by atoms with Gasteiger partial charge in [-0.2, -0.15) is 0 Å². The molecule has 29 heavy (non-hydrogen) atoms. The van der Waals surface area contributed by atoms with Crippen molar-refractivity contribution >= 4 is 23.3 Å². The van der Waals surface area contributed by atoms with Crippen LogP contribution in [-0.2, 0) is 0 Å². The smallest absolute Gasteiger partial charge is 0.494 e. The molecule has 2 amide bonds. The van der Waals surface area contributed by atoms with E-state index in [1.54, 1.807) is 17.2 Å². The largest absolute Gasteiger partial charge is 0.573 e. The number of ether oxygens (including phenoxy) is 2. The summed E-state index contributed by atoms with van der Waals surface area (Å²) in [5, 5.41) is 3.17. The van der Waals surface area contributed by atoms with E-state index in [1.165, 1.54) is 30.5 Å². The predicted octanol–water partition coefficient (Wildman–Crippen LogP) is 4.96. The van der Waals surface area contributed by atoms with Gasteiger partial charge in [-0.05, 0) is 49.1 Å². The summed E-state index contributed by atoms with van der Waals surface area (Å²) in [4.78, 5) is 18.0. The molecule has 1 atom stereocenters. The zero-order valence-corrected chi connectivity index (χ0v) is 16.0. The van der Waals surface area contributed by atoms with Crippen LogP contribution in [-0.4, -0.2) is 42.0 Å². The number of pyridine rings is 1. The van der Waals surface area contributed by atoms with Gasteiger partial charge in [0.2, 0.25) is 0 Å². The van der Waals surface area contributed by atoms with Crippen molar-refractivity contribution in [2.45, 2.75) is 19.2 Å². The van der Waals surface area contributed by atoms with Gasteiger partial charge >= 0.3 is 12.4 Å². The summed E-state index contributed by atoms with van der Waals surface area (Å²) in [6.45, 7) is 1.61. The first-order valence-corrected chi connectivity index (χ1v) is 9.32. The lowest BCUT2D eigenvalue weighted by atomic mass is 10.1. The summed E-state index contributed by atoms with van der Waals surface area (Å²) in [6.07, 6.45) is -0.118. The topological polar surface area (TPSA) is 63.7 Å². The third-order valence-corrected chi connectivity index (χ3v) is 4.76. The van der Waals surface area contributed by atoms with Crippen LogP contribution in [0.2, 0.25) is 5.02 Å². The van der Waals surface area contributed by atoms with Crippen molar-refractivity contribution in [2.75, 3.05) is 25.0 Å². The van der Waals surface area contributed by atoms with Gasteiger partial charge in [0.1, 0.15) is 11.5 Å². The molecule has 1 aliphatic heterocycles. The van der Waals surface area contributed by atoms with Gasteiger partial charge in [0, 0.05) is 19.3 Å². The lowest BCUT2D eigenvalue weighted by molar-refractivity contribution is -0.274. The fourth-order valence-electron chi connectivity index (χ4n) is 3.00. The van der Waals surface area contributed by atoms with E-state index in [9.17, 15) is 18.0 Å². The van der Waals surface area contributed by atoms with Crippen LogP contribution < -0.4 is 14.8 Å². The number of nitrogens with zero attached hydrogens (tertiary/aromatic N) is 2. The maximum atomic E-state index is 12.3. The number of urea groups is 1. The molecule has 1 saturated heterocycles. The summed E-state index contributed by atoms with van der Waals surface area (Å²) in [5.41, 5.74) is 0.462. The number of benzene rings is 1. The fraction of sp³-hybridized carbons (Fsp3) is 0.368. The van der Waals surface area contributed by atoms with Crippen LogP contribution in [0.25, 0.3) is 0 Å². The first-order chi connectivity index (χ1) is 13.8. The van der Waals surface area contributed by atoms with Crippen LogP contribution in [0.1, 0.15) is 12.8 Å². The number of likely N-dealkylation sites (tertiary alicyclic amines) is 1. The number of anilines is 1. The molecule has 0 bridgehead atoms. The molecule has 2 heterocycles. The standard InChI is InChI=1S/C19H19ClF3N3O3/c20-16-5-8-24-11-17(16)25-18(27)26-9-6-13(12-26)7-10-28-14-1-3-15(4-2-14)29-19(21,22)23/h1-5,8,11,13H,6-7,9-10,12H2,(H,25,27). The van der Waals surface area contributed by atoms with Gasteiger partial charge in [-0.25, -0.2) is 4.79 Å². The highest BCUT2D eigenvalue weighted by molar-refractivity contribution is 6.33. The normalized spacial score (nSPS) is 16.6. The first-order valence-electron chi connectivity index (χ1n) is 8.94. The minimum atomic E-state index is -4.72. The maximum absolute atomic E-state index is 12.3. The van der Waals surface area contributed by atoms with E-state index in [-0.39, 0.29) is 17.7 Å². The molecule has 156 valence electrons. The lowest BCUT2D eigenvalue weighted by Gasteiger charge is -2.18. The van der Waals surface area contributed by atoms with Crippen molar-refractivity contribution in [1.29, 1.82) is 0 Å². The van der Waals surface area contributed by atoms with E-state index in [4.69, 9.17) is 16.3 Å². The minimum absolute atomic E-state index is 0.233. The highest BCUT2D eigenvalue weighted by Crippen LogP contribution is 2.26. The van der Waals surface area contributed by atoms with Crippen molar-refractivity contribution < 1.29 is 27.4 Å². The highest BCUT2D eigenvalue weighted by atomic mass is 35.5. The number of aromatic nitrogens is 1. The zero-order chi connectivity index (χ0) is 20.9. The van der Waals surface area contributed by atoms with Crippen LogP contribution >= 0.6 is 11.6 Å². The van der Waals surface area contributed by atoms with Crippen LogP contribution in [0.3, 0.4) is 0 Å². The Balaban J connectivity index is 1.40. The molecular formula is C19H19ClF3N3O3. The van der Waals surface area contributed by atoms with E-state index < -0.39 is 6.36 Å². The van der Waals surface area contributed by atoms with Crippen molar-refractivity contribution in [1.82, 2.24) is 9.88 Å². The third-order valence-electron chi connectivity index (χ3n) is 4.43. The Morgan fingerprint density at radius 2 is 1.97 bits per heavy atom. The second-order valence-electron chi connectivity index (χ2n) is 6.54. The first kappa shape index (κ1) is 21.0. The minimum Gasteiger partial charge on any atom is -0.494 e. The number of hydrogen-bond donors (Lipinski definition) is 1. The quantitative estimate of drug-likeness (QED) is 0.705. The summed E-state index contributed by atoms with van der Waals surface area (Å²) >= 11 is 6.02. The van der Waals surface area contributed by atoms with Crippen LogP contribution in [0.15, 0.2) is 42.7 Å². The predicted molar refractivity (Wildman–Crippen MR) is 101 cm³/mol. The van der Waals surface area contributed by atoms with E-state index in [0.717, 1.165) is 12.8 Å². The average Bonchev–Trinajstić information content (AvgIpc) is 3.13. The van der Waals surface area contributed by atoms with Gasteiger partial charge in [0.15, 0.2) is 0 Å². The van der Waals surface area contributed by atoms with Gasteiger partial charge in [-0.3, -0.25) is 4.98 Å². The van der Waals surface area contributed by atoms with Gasteiger partial charge in [-0.1, -0.05) is 11.6 Å². The second-order valence-corrected chi connectivity index (χ2v) is 6.95. The van der Waals surface area contributed by atoms with Gasteiger partial charge in [-0.15, -0.1) is 13.2 Å². The Bertz CT molecular complexity index is 833. The van der Waals surface area contributed by atoms with E-state index in [0.29, 0.717) is 36.2 Å². The van der Waals surface area contributed by atoms with Crippen LogP contribution in [0.5, 0.6) is 11.5 Å². The second kappa shape index (κ2) is 9.21. The van der Waals surface area contributed by atoms with E-state index in [2.05, 4.69) is 15.0 Å². The van der Waals surface area contributed by atoms with Crippen LogP contribution in [0.4, 0.5) is 23.7 Å². The van der Waals surface area contributed by atoms with Crippen molar-refractivity contribution in [3.8, 4) is 11.5 Å². The Hall–Kier alpha value is -2.68. The SMILES string of the molecule is O=C(Nc1cnccc1Cl)N1CCC(CCOc2ccc(OC(F)(F)F)cc2)C1. The molecule has 0 saturated carbocycles. The number of nitrogens with one attached hydrogen (secondary N) is 1. The number of carbonyl (C=O) groups excluding carboxylic acids is 1. The van der Waals surface area contributed by atoms with Gasteiger partial charge in [0.25, 0.3) is 0 Å². The van der Waals surface area contributed by atoms with Crippen molar-refractivity contribution in [3.05, 3.63) is 47.7 Å². The molecule has 1 aromatic carbocycles. The molecule has 2 aromatic rings. The lowest BCUT2D eigenvalue weighted by Crippen LogP contribution is -2.33. The number of alkyl halides is 3. The summed E-state index contributed by atoms with van der Waals surface area (Å²) in [5.74, 6) is 0.437. The molecule has 6 nitrogen and oxygen atoms in total. The Kier molecular flexibility index (Phi) is 6.68. The third kappa shape index (κ3) is 6.42. The Morgan fingerprint density at radius 1 is 1.24 bits per heavy atom. The molecule has 0 radical (unpaired) electrons. The zero-order valence-electron chi connectivity index (χ0n) is 15.3. The van der Waals surface area contributed by atoms with Crippen molar-refractivity contribution in [3.63, 3.8) is 0 Å². The Morgan fingerprint density at radius 3 is 2.66 bits per heavy atom. The molecule has 1 aromatic heterocycles. The number of carbonyl (C=O) groups is 1. The Labute approximate surface area is 170 Å². The molecule has 1 aliphatic rings. The van der Waals surface area contributed by atoms with Gasteiger partial charge in [0.05, 0.1) is 23.5 Å². The molecule has 0 aliphatic carbocycles.